The van der Waals surface area contributed by atoms with Crippen LogP contribution in [0.2, 0.25) is 0 Å². The largest absolute Gasteiger partial charge is 0.467 e. The van der Waals surface area contributed by atoms with Gasteiger partial charge in [-0.25, -0.2) is 19.6 Å². The van der Waals surface area contributed by atoms with Gasteiger partial charge < -0.3 is 25.0 Å². The second-order valence-corrected chi connectivity index (χ2v) is 6.31. The minimum Gasteiger partial charge on any atom is -0.467 e. The van der Waals surface area contributed by atoms with Gasteiger partial charge in [-0.3, -0.25) is 9.36 Å². The minimum absolute atomic E-state index is 0.156. The number of esters is 1. The number of hydrogen-bond donors (Lipinski definition) is 2. The molecule has 0 aliphatic carbocycles. The minimum atomic E-state index is -0.898. The van der Waals surface area contributed by atoms with Crippen molar-refractivity contribution in [1.82, 2.24) is 20.2 Å². The fourth-order valence-electron chi connectivity index (χ4n) is 3.33. The van der Waals surface area contributed by atoms with Crippen molar-refractivity contribution in [3.8, 4) is 0 Å². The lowest BCUT2D eigenvalue weighted by molar-refractivity contribution is -0.143. The third kappa shape index (κ3) is 3.20. The number of imidazole rings is 1. The van der Waals surface area contributed by atoms with Crippen LogP contribution in [0.3, 0.4) is 0 Å². The van der Waals surface area contributed by atoms with Crippen molar-refractivity contribution in [3.05, 3.63) is 11.4 Å². The number of nitrogens with zero attached hydrogens (tertiary/aromatic N) is 4. The molecule has 2 aliphatic rings. The molecule has 0 saturated heterocycles. The van der Waals surface area contributed by atoms with E-state index in [-0.39, 0.29) is 18.5 Å². The van der Waals surface area contributed by atoms with Gasteiger partial charge in [0, 0.05) is 7.05 Å². The summed E-state index contributed by atoms with van der Waals surface area (Å²) in [4.78, 5) is 46.9. The average molecular weight is 378 g/mol. The summed E-state index contributed by atoms with van der Waals surface area (Å²) in [6, 6.07) is -1.38. The molecule has 0 fully saturated rings. The molecule has 0 radical (unpaired) electrons. The number of carbonyl (C=O) groups excluding carboxylic acids is 3. The topological polar surface area (TPSA) is 127 Å². The van der Waals surface area contributed by atoms with Crippen LogP contribution in [0.4, 0.5) is 10.7 Å². The molecule has 146 valence electrons. The normalized spacial score (nSPS) is 21.2. The number of amides is 1. The molecule has 0 spiro atoms. The number of aromatic nitrogens is 2. The smallest absolute Gasteiger partial charge is 0.407 e. The molecular weight excluding hydrogens is 356 g/mol. The average Bonchev–Trinajstić information content (AvgIpc) is 3.27. The Morgan fingerprint density at radius 2 is 2.11 bits per heavy atom. The van der Waals surface area contributed by atoms with Crippen LogP contribution in [0.15, 0.2) is 4.99 Å². The summed E-state index contributed by atoms with van der Waals surface area (Å²) in [5.74, 6) is -0.243. The van der Waals surface area contributed by atoms with Crippen LogP contribution in [-0.2, 0) is 20.7 Å². The van der Waals surface area contributed by atoms with E-state index >= 15 is 0 Å². The molecule has 1 amide bonds. The van der Waals surface area contributed by atoms with Gasteiger partial charge in [0.15, 0.2) is 6.17 Å². The van der Waals surface area contributed by atoms with Gasteiger partial charge in [0.1, 0.15) is 12.1 Å². The Balaban J connectivity index is 1.84. The predicted molar refractivity (Wildman–Crippen MR) is 94.9 cm³/mol. The van der Waals surface area contributed by atoms with Crippen molar-refractivity contribution in [2.24, 2.45) is 4.99 Å². The Morgan fingerprint density at radius 3 is 2.78 bits per heavy atom. The highest BCUT2D eigenvalue weighted by Crippen LogP contribution is 2.29. The van der Waals surface area contributed by atoms with Gasteiger partial charge in [0.2, 0.25) is 5.95 Å². The summed E-state index contributed by atoms with van der Waals surface area (Å²) < 4.78 is 10.8. The lowest BCUT2D eigenvalue weighted by atomic mass is 10.1. The quantitative estimate of drug-likeness (QED) is 0.653. The lowest BCUT2D eigenvalue weighted by Gasteiger charge is -2.33. The predicted octanol–water partition coefficient (Wildman–Crippen LogP) is -0.562. The van der Waals surface area contributed by atoms with Crippen LogP contribution in [-0.4, -0.2) is 73.4 Å². The van der Waals surface area contributed by atoms with E-state index in [4.69, 9.17) is 4.74 Å². The molecule has 2 aliphatic heterocycles. The molecule has 0 aromatic carbocycles. The summed E-state index contributed by atoms with van der Waals surface area (Å²) in [5.41, 5.74) is 1.35. The third-order valence-electron chi connectivity index (χ3n) is 4.77. The molecule has 11 heteroatoms. The second-order valence-electron chi connectivity index (χ2n) is 6.31. The number of alkyl carbamates (subject to hydrolysis) is 1. The van der Waals surface area contributed by atoms with E-state index in [1.165, 1.54) is 20.6 Å². The zero-order valence-corrected chi connectivity index (χ0v) is 15.6. The molecule has 11 nitrogen and oxygen atoms in total. The van der Waals surface area contributed by atoms with Gasteiger partial charge in [0.25, 0.3) is 5.91 Å². The summed E-state index contributed by atoms with van der Waals surface area (Å²) in [6.07, 6.45) is 1.02. The highest BCUT2D eigenvalue weighted by molar-refractivity contribution is 5.94. The lowest BCUT2D eigenvalue weighted by Crippen LogP contribution is -2.54. The van der Waals surface area contributed by atoms with Crippen LogP contribution in [0.5, 0.6) is 0 Å². The first-order valence-corrected chi connectivity index (χ1v) is 8.44. The summed E-state index contributed by atoms with van der Waals surface area (Å²) in [7, 11) is 4.28. The van der Waals surface area contributed by atoms with Crippen LogP contribution in [0.25, 0.3) is 0 Å². The van der Waals surface area contributed by atoms with Crippen molar-refractivity contribution in [1.29, 1.82) is 0 Å². The fraction of sp³-hybridized carbons (Fsp3) is 0.562. The van der Waals surface area contributed by atoms with Crippen LogP contribution in [0, 0.1) is 6.92 Å². The first kappa shape index (κ1) is 18.7. The third-order valence-corrected chi connectivity index (χ3v) is 4.77. The Morgan fingerprint density at radius 1 is 1.37 bits per heavy atom. The Kier molecular flexibility index (Phi) is 5.02. The molecule has 3 rings (SSSR count). The number of aliphatic imine (C=N–C) groups is 1. The fourth-order valence-corrected chi connectivity index (χ4v) is 3.33. The standard InChI is InChI=1S/C16H22N6O5/c1-8-10(6-5-9(14(24)26-3)20-16(25)27-4)22-13(23)11-12(18-7-17-11)21(2)15(22)19-8/h7,9,11-12H,5-6H2,1-4H3,(H,17,18)(H,20,25). The molecule has 1 aromatic rings. The summed E-state index contributed by atoms with van der Waals surface area (Å²) in [5, 5.41) is 5.41. The maximum absolute atomic E-state index is 12.9. The highest BCUT2D eigenvalue weighted by Gasteiger charge is 2.43. The second kappa shape index (κ2) is 7.25. The highest BCUT2D eigenvalue weighted by atomic mass is 16.5. The van der Waals surface area contributed by atoms with Gasteiger partial charge >= 0.3 is 12.1 Å². The van der Waals surface area contributed by atoms with E-state index < -0.39 is 24.1 Å². The van der Waals surface area contributed by atoms with Gasteiger partial charge in [-0.15, -0.1) is 0 Å². The molecule has 0 saturated carbocycles. The zero-order valence-electron chi connectivity index (χ0n) is 15.6. The molecule has 2 N–H and O–H groups in total. The SMILES string of the molecule is COC(=O)NC(CCc1c(C)nc2n1C(=O)C1NC=NC1N2C)C(=O)OC. The maximum Gasteiger partial charge on any atom is 0.407 e. The summed E-state index contributed by atoms with van der Waals surface area (Å²) >= 11 is 0. The number of hydrogen-bond acceptors (Lipinski definition) is 9. The number of carbonyl (C=O) groups is 3. The van der Waals surface area contributed by atoms with Crippen LogP contribution in [0.1, 0.15) is 22.6 Å². The van der Waals surface area contributed by atoms with Gasteiger partial charge in [-0.1, -0.05) is 0 Å². The molecule has 3 heterocycles. The molecule has 3 atom stereocenters. The Bertz CT molecular complexity index is 803. The molecular formula is C16H22N6O5. The Hall–Kier alpha value is -3.11. The number of fused-ring (bicyclic) bond motifs is 2. The monoisotopic (exact) mass is 378 g/mol. The number of methoxy groups -OCH3 is 2. The first-order chi connectivity index (χ1) is 12.9. The van der Waals surface area contributed by atoms with Crippen molar-refractivity contribution in [3.63, 3.8) is 0 Å². The maximum atomic E-state index is 12.9. The first-order valence-electron chi connectivity index (χ1n) is 8.44. The van der Waals surface area contributed by atoms with Crippen molar-refractivity contribution in [2.45, 2.75) is 38.0 Å². The van der Waals surface area contributed by atoms with Crippen molar-refractivity contribution >= 4 is 30.3 Å². The number of rotatable bonds is 5. The van der Waals surface area contributed by atoms with Crippen molar-refractivity contribution in [2.75, 3.05) is 26.2 Å². The van der Waals surface area contributed by atoms with E-state index in [1.54, 1.807) is 11.5 Å². The number of aryl methyl sites for hydroxylation is 1. The number of anilines is 1. The molecule has 0 bridgehead atoms. The summed E-state index contributed by atoms with van der Waals surface area (Å²) in [6.45, 7) is 1.80. The number of nitrogens with one attached hydrogen (secondary N) is 2. The number of likely N-dealkylation sites (N-methyl/N-ethyl adjacent to an activating group) is 1. The van der Waals surface area contributed by atoms with Crippen LogP contribution < -0.4 is 15.5 Å². The number of ether oxygens (including phenoxy) is 2. The van der Waals surface area contributed by atoms with Crippen LogP contribution >= 0.6 is 0 Å². The van der Waals surface area contributed by atoms with Gasteiger partial charge in [0.05, 0.1) is 31.9 Å². The van der Waals surface area contributed by atoms with E-state index in [0.29, 0.717) is 23.8 Å². The van der Waals surface area contributed by atoms with E-state index in [2.05, 4.69) is 25.3 Å². The molecule has 27 heavy (non-hydrogen) atoms. The van der Waals surface area contributed by atoms with E-state index in [1.807, 2.05) is 11.9 Å². The van der Waals surface area contributed by atoms with Gasteiger partial charge in [-0.05, 0) is 19.8 Å². The Labute approximate surface area is 155 Å². The molecule has 1 aromatic heterocycles. The van der Waals surface area contributed by atoms with E-state index in [0.717, 1.165) is 0 Å². The van der Waals surface area contributed by atoms with E-state index in [9.17, 15) is 14.4 Å². The van der Waals surface area contributed by atoms with Gasteiger partial charge in [-0.2, -0.15) is 0 Å². The molecule has 3 unspecified atom stereocenters. The zero-order chi connectivity index (χ0) is 19.7. The van der Waals surface area contributed by atoms with Crippen molar-refractivity contribution < 1.29 is 23.9 Å².